The first-order chi connectivity index (χ1) is 9.70. The molecule has 2 aromatic heterocycles. The van der Waals surface area contributed by atoms with Crippen LogP contribution in [0.25, 0.3) is 11.0 Å². The van der Waals surface area contributed by atoms with Gasteiger partial charge in [-0.1, -0.05) is 12.1 Å². The molecule has 2 heterocycles. The van der Waals surface area contributed by atoms with Crippen LogP contribution in [0.2, 0.25) is 0 Å². The van der Waals surface area contributed by atoms with Crippen LogP contribution in [0.15, 0.2) is 45.7 Å². The van der Waals surface area contributed by atoms with Gasteiger partial charge in [-0.15, -0.1) is 0 Å². The Morgan fingerprint density at radius 2 is 2.15 bits per heavy atom. The first-order valence-corrected chi connectivity index (χ1v) is 7.42. The van der Waals surface area contributed by atoms with Crippen molar-refractivity contribution in [1.82, 2.24) is 9.55 Å². The molecule has 0 bridgehead atoms. The summed E-state index contributed by atoms with van der Waals surface area (Å²) in [5.41, 5.74) is 9.42. The Balaban J connectivity index is 1.96. The van der Waals surface area contributed by atoms with Gasteiger partial charge in [-0.25, -0.2) is 4.98 Å². The standard InChI is InChI=1S/C15H16BrN3O/c1-2-19-13-6-4-3-5-12(13)18-14(19)9-11(17)10-7-8-20-15(10)16/h3-8,11H,2,9,17H2,1H3. The van der Waals surface area contributed by atoms with E-state index in [-0.39, 0.29) is 6.04 Å². The van der Waals surface area contributed by atoms with Crippen LogP contribution in [-0.2, 0) is 13.0 Å². The molecule has 104 valence electrons. The van der Waals surface area contributed by atoms with Crippen molar-refractivity contribution >= 4 is 27.0 Å². The van der Waals surface area contributed by atoms with Gasteiger partial charge in [-0.2, -0.15) is 0 Å². The molecule has 0 aliphatic heterocycles. The Morgan fingerprint density at radius 1 is 1.35 bits per heavy atom. The Morgan fingerprint density at radius 3 is 2.85 bits per heavy atom. The number of imidazole rings is 1. The second-order valence-electron chi connectivity index (χ2n) is 4.72. The predicted octanol–water partition coefficient (Wildman–Crippen LogP) is 3.65. The van der Waals surface area contributed by atoms with Gasteiger partial charge in [-0.3, -0.25) is 0 Å². The fourth-order valence-corrected chi connectivity index (χ4v) is 3.04. The van der Waals surface area contributed by atoms with Gasteiger partial charge in [0.2, 0.25) is 0 Å². The lowest BCUT2D eigenvalue weighted by Gasteiger charge is -2.11. The molecule has 1 aromatic carbocycles. The lowest BCUT2D eigenvalue weighted by molar-refractivity contribution is 0.528. The summed E-state index contributed by atoms with van der Waals surface area (Å²) < 4.78 is 8.16. The molecule has 0 spiro atoms. The number of para-hydroxylation sites is 2. The van der Waals surface area contributed by atoms with Gasteiger partial charge in [0.05, 0.1) is 17.3 Å². The van der Waals surface area contributed by atoms with Crippen molar-refractivity contribution in [3.63, 3.8) is 0 Å². The van der Waals surface area contributed by atoms with E-state index in [9.17, 15) is 0 Å². The fourth-order valence-electron chi connectivity index (χ4n) is 2.51. The SMILES string of the molecule is CCn1c(CC(N)c2ccoc2Br)nc2ccccc21. The lowest BCUT2D eigenvalue weighted by Crippen LogP contribution is -2.16. The average molecular weight is 334 g/mol. The summed E-state index contributed by atoms with van der Waals surface area (Å²) >= 11 is 3.38. The predicted molar refractivity (Wildman–Crippen MR) is 82.4 cm³/mol. The van der Waals surface area contributed by atoms with Crippen LogP contribution in [0.1, 0.15) is 24.4 Å². The largest absolute Gasteiger partial charge is 0.457 e. The molecule has 0 radical (unpaired) electrons. The molecule has 2 N–H and O–H groups in total. The molecule has 0 saturated heterocycles. The van der Waals surface area contributed by atoms with Crippen molar-refractivity contribution < 1.29 is 4.42 Å². The lowest BCUT2D eigenvalue weighted by atomic mass is 10.1. The van der Waals surface area contributed by atoms with Gasteiger partial charge in [0.15, 0.2) is 4.67 Å². The van der Waals surface area contributed by atoms with Gasteiger partial charge < -0.3 is 14.7 Å². The maximum atomic E-state index is 6.27. The summed E-state index contributed by atoms with van der Waals surface area (Å²) in [5.74, 6) is 1.01. The Bertz CT molecular complexity index is 732. The molecule has 3 rings (SSSR count). The third-order valence-corrected chi connectivity index (χ3v) is 4.14. The van der Waals surface area contributed by atoms with Gasteiger partial charge >= 0.3 is 0 Å². The number of aryl methyl sites for hydroxylation is 1. The highest BCUT2D eigenvalue weighted by Gasteiger charge is 2.17. The second kappa shape index (κ2) is 5.42. The van der Waals surface area contributed by atoms with E-state index >= 15 is 0 Å². The third-order valence-electron chi connectivity index (χ3n) is 3.50. The summed E-state index contributed by atoms with van der Waals surface area (Å²) in [7, 11) is 0. The minimum atomic E-state index is -0.134. The summed E-state index contributed by atoms with van der Waals surface area (Å²) in [4.78, 5) is 4.70. The smallest absolute Gasteiger partial charge is 0.173 e. The molecule has 5 heteroatoms. The Labute approximate surface area is 125 Å². The van der Waals surface area contributed by atoms with Gasteiger partial charge in [0.1, 0.15) is 5.82 Å². The maximum Gasteiger partial charge on any atom is 0.173 e. The molecule has 0 saturated carbocycles. The number of aromatic nitrogens is 2. The Hall–Kier alpha value is -1.59. The molecule has 0 fully saturated rings. The highest BCUT2D eigenvalue weighted by Crippen LogP contribution is 2.26. The fraction of sp³-hybridized carbons (Fsp3) is 0.267. The zero-order valence-corrected chi connectivity index (χ0v) is 12.8. The number of furan rings is 1. The topological polar surface area (TPSA) is 57.0 Å². The number of benzene rings is 1. The van der Waals surface area contributed by atoms with E-state index in [0.717, 1.165) is 29.0 Å². The average Bonchev–Trinajstić information content (AvgIpc) is 3.01. The molecule has 0 aliphatic carbocycles. The highest BCUT2D eigenvalue weighted by atomic mass is 79.9. The minimum Gasteiger partial charge on any atom is -0.457 e. The van der Waals surface area contributed by atoms with E-state index in [1.54, 1.807) is 6.26 Å². The van der Waals surface area contributed by atoms with Crippen molar-refractivity contribution in [1.29, 1.82) is 0 Å². The van der Waals surface area contributed by atoms with Crippen molar-refractivity contribution in [2.75, 3.05) is 0 Å². The molecule has 3 aromatic rings. The van der Waals surface area contributed by atoms with Crippen LogP contribution in [-0.4, -0.2) is 9.55 Å². The van der Waals surface area contributed by atoms with Gasteiger partial charge in [0, 0.05) is 24.6 Å². The molecular weight excluding hydrogens is 318 g/mol. The molecular formula is C15H16BrN3O. The van der Waals surface area contributed by atoms with E-state index < -0.39 is 0 Å². The van der Waals surface area contributed by atoms with Crippen molar-refractivity contribution in [2.45, 2.75) is 25.9 Å². The molecule has 20 heavy (non-hydrogen) atoms. The van der Waals surface area contributed by atoms with Gasteiger partial charge in [0.25, 0.3) is 0 Å². The minimum absolute atomic E-state index is 0.134. The molecule has 0 amide bonds. The van der Waals surface area contributed by atoms with Crippen LogP contribution in [0, 0.1) is 0 Å². The van der Waals surface area contributed by atoms with Gasteiger partial charge in [-0.05, 0) is 41.1 Å². The quantitative estimate of drug-likeness (QED) is 0.792. The first kappa shape index (κ1) is 13.4. The van der Waals surface area contributed by atoms with Crippen LogP contribution in [0.5, 0.6) is 0 Å². The second-order valence-corrected chi connectivity index (χ2v) is 5.44. The number of nitrogens with two attached hydrogens (primary N) is 1. The maximum absolute atomic E-state index is 6.27. The molecule has 1 unspecified atom stereocenters. The van der Waals surface area contributed by atoms with E-state index in [0.29, 0.717) is 11.1 Å². The molecule has 1 atom stereocenters. The number of fused-ring (bicyclic) bond motifs is 1. The summed E-state index contributed by atoms with van der Waals surface area (Å²) in [6, 6.07) is 9.93. The summed E-state index contributed by atoms with van der Waals surface area (Å²) in [5, 5.41) is 0. The van der Waals surface area contributed by atoms with E-state index in [1.165, 1.54) is 0 Å². The number of rotatable bonds is 4. The summed E-state index contributed by atoms with van der Waals surface area (Å²) in [6.07, 6.45) is 2.32. The van der Waals surface area contributed by atoms with Crippen LogP contribution in [0.3, 0.4) is 0 Å². The van der Waals surface area contributed by atoms with Crippen LogP contribution in [0.4, 0.5) is 0 Å². The van der Waals surface area contributed by atoms with E-state index in [4.69, 9.17) is 15.1 Å². The van der Waals surface area contributed by atoms with Crippen molar-refractivity contribution in [3.05, 3.63) is 52.7 Å². The number of nitrogens with zero attached hydrogens (tertiary/aromatic N) is 2. The van der Waals surface area contributed by atoms with Crippen LogP contribution < -0.4 is 5.73 Å². The van der Waals surface area contributed by atoms with E-state index in [1.807, 2.05) is 24.3 Å². The highest BCUT2D eigenvalue weighted by molar-refractivity contribution is 9.10. The monoisotopic (exact) mass is 333 g/mol. The third kappa shape index (κ3) is 2.27. The first-order valence-electron chi connectivity index (χ1n) is 6.63. The molecule has 0 aliphatic rings. The zero-order valence-electron chi connectivity index (χ0n) is 11.2. The number of hydrogen-bond donors (Lipinski definition) is 1. The number of hydrogen-bond acceptors (Lipinski definition) is 3. The van der Waals surface area contributed by atoms with E-state index in [2.05, 4.69) is 33.5 Å². The Kier molecular flexibility index (Phi) is 3.63. The van der Waals surface area contributed by atoms with Crippen molar-refractivity contribution in [3.8, 4) is 0 Å². The van der Waals surface area contributed by atoms with Crippen LogP contribution >= 0.6 is 15.9 Å². The molecule has 4 nitrogen and oxygen atoms in total. The van der Waals surface area contributed by atoms with Crippen molar-refractivity contribution in [2.24, 2.45) is 5.73 Å². The normalized spacial score (nSPS) is 12.9. The zero-order chi connectivity index (χ0) is 14.1. The number of halogens is 1. The summed E-state index contributed by atoms with van der Waals surface area (Å²) in [6.45, 7) is 3.01.